The van der Waals surface area contributed by atoms with E-state index in [1.54, 1.807) is 6.20 Å². The summed E-state index contributed by atoms with van der Waals surface area (Å²) < 4.78 is 4.94. The summed E-state index contributed by atoms with van der Waals surface area (Å²) in [5, 5.41) is 15.2. The summed E-state index contributed by atoms with van der Waals surface area (Å²) in [6.07, 6.45) is 9.49. The average Bonchev–Trinajstić information content (AvgIpc) is 3.21. The number of nitrogens with zero attached hydrogens (tertiary/aromatic N) is 6. The SMILES string of the molecule is CNc1nc(Nc2cnn([C@H]3C[C@H](n4cccn4)C3)c2C)ncc1Br. The van der Waals surface area contributed by atoms with Gasteiger partial charge < -0.3 is 10.6 Å². The Hall–Kier alpha value is -2.42. The van der Waals surface area contributed by atoms with Crippen molar-refractivity contribution in [2.45, 2.75) is 31.8 Å². The van der Waals surface area contributed by atoms with Gasteiger partial charge in [0.15, 0.2) is 0 Å². The number of hydrogen-bond acceptors (Lipinski definition) is 6. The molecule has 0 bridgehead atoms. The topological polar surface area (TPSA) is 85.5 Å². The summed E-state index contributed by atoms with van der Waals surface area (Å²) >= 11 is 3.41. The Morgan fingerprint density at radius 2 is 2.04 bits per heavy atom. The van der Waals surface area contributed by atoms with Crippen LogP contribution in [-0.2, 0) is 0 Å². The van der Waals surface area contributed by atoms with Crippen molar-refractivity contribution < 1.29 is 0 Å². The van der Waals surface area contributed by atoms with Crippen LogP contribution in [0.4, 0.5) is 17.5 Å². The maximum Gasteiger partial charge on any atom is 0.229 e. The molecule has 1 fully saturated rings. The van der Waals surface area contributed by atoms with Gasteiger partial charge in [0.1, 0.15) is 5.82 Å². The lowest BCUT2D eigenvalue weighted by Gasteiger charge is -2.36. The van der Waals surface area contributed by atoms with E-state index in [0.717, 1.165) is 34.5 Å². The van der Waals surface area contributed by atoms with Crippen LogP contribution in [0.2, 0.25) is 0 Å². The van der Waals surface area contributed by atoms with Crippen molar-refractivity contribution in [1.82, 2.24) is 29.5 Å². The van der Waals surface area contributed by atoms with Crippen LogP contribution in [0.15, 0.2) is 35.3 Å². The molecule has 9 heteroatoms. The van der Waals surface area contributed by atoms with Crippen molar-refractivity contribution in [3.8, 4) is 0 Å². The van der Waals surface area contributed by atoms with Gasteiger partial charge in [0.25, 0.3) is 0 Å². The normalized spacial score (nSPS) is 19.5. The van der Waals surface area contributed by atoms with Crippen LogP contribution >= 0.6 is 15.9 Å². The molecule has 0 spiro atoms. The lowest BCUT2D eigenvalue weighted by Crippen LogP contribution is -2.30. The lowest BCUT2D eigenvalue weighted by atomic mass is 9.87. The first-order valence-electron chi connectivity index (χ1n) is 8.16. The number of nitrogens with one attached hydrogen (secondary N) is 2. The van der Waals surface area contributed by atoms with Crippen LogP contribution in [0.5, 0.6) is 0 Å². The summed E-state index contributed by atoms with van der Waals surface area (Å²) in [5.74, 6) is 1.28. The van der Waals surface area contributed by atoms with E-state index < -0.39 is 0 Å². The first-order valence-corrected chi connectivity index (χ1v) is 8.95. The molecule has 0 amide bonds. The summed E-state index contributed by atoms with van der Waals surface area (Å²) in [4.78, 5) is 8.73. The summed E-state index contributed by atoms with van der Waals surface area (Å²) in [6.45, 7) is 2.06. The third kappa shape index (κ3) is 2.99. The molecule has 3 aromatic rings. The number of aromatic nitrogens is 6. The van der Waals surface area contributed by atoms with Gasteiger partial charge in [-0.25, -0.2) is 4.98 Å². The molecule has 0 radical (unpaired) electrons. The molecule has 0 aromatic carbocycles. The van der Waals surface area contributed by atoms with Crippen molar-refractivity contribution in [2.24, 2.45) is 0 Å². The number of rotatable bonds is 5. The second-order valence-electron chi connectivity index (χ2n) is 6.12. The molecule has 3 aromatic heterocycles. The van der Waals surface area contributed by atoms with E-state index in [4.69, 9.17) is 0 Å². The van der Waals surface area contributed by atoms with Gasteiger partial charge in [0.2, 0.25) is 5.95 Å². The van der Waals surface area contributed by atoms with Crippen molar-refractivity contribution in [3.05, 3.63) is 41.0 Å². The van der Waals surface area contributed by atoms with E-state index in [1.165, 1.54) is 0 Å². The minimum Gasteiger partial charge on any atom is -0.372 e. The fourth-order valence-corrected chi connectivity index (χ4v) is 3.50. The van der Waals surface area contributed by atoms with Gasteiger partial charge in [-0.15, -0.1) is 0 Å². The van der Waals surface area contributed by atoms with E-state index in [-0.39, 0.29) is 0 Å². The number of halogens is 1. The Balaban J connectivity index is 1.47. The van der Waals surface area contributed by atoms with E-state index in [0.29, 0.717) is 18.0 Å². The molecule has 1 aliphatic rings. The molecular formula is C16H19BrN8. The standard InChI is InChI=1S/C16H19BrN8/c1-10-14(22-16-19-8-13(17)15(18-2)23-16)9-21-25(10)12-6-11(7-12)24-5-3-4-20-24/h3-5,8-9,11-12H,6-7H2,1-2H3,(H2,18,19,22,23)/t11-,12-. The highest BCUT2D eigenvalue weighted by Crippen LogP contribution is 2.41. The Morgan fingerprint density at radius 1 is 1.20 bits per heavy atom. The second-order valence-corrected chi connectivity index (χ2v) is 6.97. The highest BCUT2D eigenvalue weighted by molar-refractivity contribution is 9.10. The highest BCUT2D eigenvalue weighted by atomic mass is 79.9. The van der Waals surface area contributed by atoms with Crippen molar-refractivity contribution in [2.75, 3.05) is 17.7 Å². The van der Waals surface area contributed by atoms with E-state index >= 15 is 0 Å². The Bertz CT molecular complexity index is 866. The maximum atomic E-state index is 4.55. The maximum absolute atomic E-state index is 4.55. The molecule has 2 N–H and O–H groups in total. The first-order chi connectivity index (χ1) is 12.2. The lowest BCUT2D eigenvalue weighted by molar-refractivity contribution is 0.173. The van der Waals surface area contributed by atoms with Gasteiger partial charge in [-0.2, -0.15) is 15.2 Å². The Kier molecular flexibility index (Phi) is 4.16. The average molecular weight is 403 g/mol. The summed E-state index contributed by atoms with van der Waals surface area (Å²) in [6, 6.07) is 2.84. The van der Waals surface area contributed by atoms with E-state index in [2.05, 4.69) is 58.3 Å². The third-order valence-corrected chi connectivity index (χ3v) is 5.19. The highest BCUT2D eigenvalue weighted by Gasteiger charge is 2.33. The third-order valence-electron chi connectivity index (χ3n) is 4.61. The van der Waals surface area contributed by atoms with Crippen molar-refractivity contribution in [3.63, 3.8) is 0 Å². The smallest absolute Gasteiger partial charge is 0.229 e. The summed E-state index contributed by atoms with van der Waals surface area (Å²) in [7, 11) is 1.83. The Morgan fingerprint density at radius 3 is 2.76 bits per heavy atom. The zero-order valence-corrected chi connectivity index (χ0v) is 15.6. The predicted octanol–water partition coefficient (Wildman–Crippen LogP) is 3.30. The molecule has 0 unspecified atom stereocenters. The molecule has 130 valence electrons. The Labute approximate surface area is 153 Å². The molecule has 0 aliphatic heterocycles. The molecule has 3 heterocycles. The van der Waals surface area contributed by atoms with Crippen LogP contribution in [-0.4, -0.2) is 36.6 Å². The predicted molar refractivity (Wildman–Crippen MR) is 99.1 cm³/mol. The fourth-order valence-electron chi connectivity index (χ4n) is 3.11. The molecule has 8 nitrogen and oxygen atoms in total. The van der Waals surface area contributed by atoms with E-state index in [9.17, 15) is 0 Å². The molecule has 0 saturated heterocycles. The largest absolute Gasteiger partial charge is 0.372 e. The number of anilines is 3. The van der Waals surface area contributed by atoms with E-state index in [1.807, 2.05) is 36.4 Å². The van der Waals surface area contributed by atoms with Gasteiger partial charge in [-0.05, 0) is 41.8 Å². The van der Waals surface area contributed by atoms with Gasteiger partial charge in [0, 0.05) is 25.6 Å². The zero-order chi connectivity index (χ0) is 17.4. The van der Waals surface area contributed by atoms with Crippen molar-refractivity contribution in [1.29, 1.82) is 0 Å². The molecule has 1 aliphatic carbocycles. The quantitative estimate of drug-likeness (QED) is 0.680. The second kappa shape index (κ2) is 6.47. The monoisotopic (exact) mass is 402 g/mol. The van der Waals surface area contributed by atoms with Crippen LogP contribution in [0.25, 0.3) is 0 Å². The minimum atomic E-state index is 0.406. The molecule has 4 rings (SSSR count). The van der Waals surface area contributed by atoms with Crippen LogP contribution < -0.4 is 10.6 Å². The fraction of sp³-hybridized carbons (Fsp3) is 0.375. The minimum absolute atomic E-state index is 0.406. The first kappa shape index (κ1) is 16.1. The summed E-state index contributed by atoms with van der Waals surface area (Å²) in [5.41, 5.74) is 2.01. The zero-order valence-electron chi connectivity index (χ0n) is 14.0. The van der Waals surface area contributed by atoms with Gasteiger partial charge in [-0.3, -0.25) is 9.36 Å². The number of hydrogen-bond donors (Lipinski definition) is 2. The molecule has 25 heavy (non-hydrogen) atoms. The van der Waals surface area contributed by atoms with Gasteiger partial charge in [-0.1, -0.05) is 0 Å². The molecule has 1 saturated carbocycles. The molecule has 0 atom stereocenters. The van der Waals surface area contributed by atoms with Gasteiger partial charge >= 0.3 is 0 Å². The molecular weight excluding hydrogens is 384 g/mol. The van der Waals surface area contributed by atoms with Crippen LogP contribution in [0, 0.1) is 6.92 Å². The van der Waals surface area contributed by atoms with Crippen molar-refractivity contribution >= 4 is 33.4 Å². The van der Waals surface area contributed by atoms with Crippen LogP contribution in [0.3, 0.4) is 0 Å². The van der Waals surface area contributed by atoms with Gasteiger partial charge in [0.05, 0.1) is 34.1 Å². The van der Waals surface area contributed by atoms with Crippen LogP contribution in [0.1, 0.15) is 30.6 Å².